The third-order valence-electron chi connectivity index (χ3n) is 3.72. The van der Waals surface area contributed by atoms with E-state index in [0.717, 1.165) is 0 Å². The predicted octanol–water partition coefficient (Wildman–Crippen LogP) is 3.57. The molecule has 1 aromatic carbocycles. The van der Waals surface area contributed by atoms with Crippen LogP contribution in [0.3, 0.4) is 0 Å². The maximum absolute atomic E-state index is 12.8. The lowest BCUT2D eigenvalue weighted by Gasteiger charge is -2.17. The molecule has 1 amide bonds. The van der Waals surface area contributed by atoms with Crippen molar-refractivity contribution in [3.8, 4) is 0 Å². The van der Waals surface area contributed by atoms with Crippen LogP contribution in [0.4, 0.5) is 5.69 Å². The van der Waals surface area contributed by atoms with E-state index in [-0.39, 0.29) is 11.1 Å². The second-order valence-corrected chi connectivity index (χ2v) is 7.68. The summed E-state index contributed by atoms with van der Waals surface area (Å²) >= 11 is 11.9. The topological polar surface area (TPSA) is 68.1 Å². The molecule has 3 aromatic rings. The molecule has 0 aliphatic heterocycles. The largest absolute Gasteiger partial charge is 0.316 e. The number of carbonyl (C=O) groups is 1. The number of carbonyl (C=O) groups excluding carboxylic acids is 1. The number of hydrogen-bond acceptors (Lipinski definition) is 4. The Morgan fingerprint density at radius 3 is 2.50 bits per heavy atom. The average molecular weight is 409 g/mol. The van der Waals surface area contributed by atoms with Crippen LogP contribution in [0.5, 0.6) is 0 Å². The van der Waals surface area contributed by atoms with Crippen molar-refractivity contribution in [1.29, 1.82) is 0 Å². The summed E-state index contributed by atoms with van der Waals surface area (Å²) in [6.07, 6.45) is 4.61. The highest BCUT2D eigenvalue weighted by Gasteiger charge is 2.22. The summed E-state index contributed by atoms with van der Waals surface area (Å²) < 4.78 is 14.3. The normalized spacial score (nSPS) is 12.0. The summed E-state index contributed by atoms with van der Waals surface area (Å²) in [6, 6.07) is 8.18. The maximum Gasteiger partial charge on any atom is 0.276 e. The van der Waals surface area contributed by atoms with Crippen molar-refractivity contribution in [3.63, 3.8) is 0 Å². The van der Waals surface area contributed by atoms with E-state index < -0.39 is 10.8 Å². The van der Waals surface area contributed by atoms with Gasteiger partial charge in [-0.25, -0.2) is 9.19 Å². The fourth-order valence-electron chi connectivity index (χ4n) is 2.35. The number of nitrogens with zero attached hydrogens (tertiary/aromatic N) is 4. The molecule has 0 saturated carbocycles. The Labute approximate surface area is 162 Å². The van der Waals surface area contributed by atoms with E-state index in [1.165, 1.54) is 15.7 Å². The first-order valence-electron chi connectivity index (χ1n) is 7.46. The lowest BCUT2D eigenvalue weighted by atomic mass is 10.3. The van der Waals surface area contributed by atoms with Crippen LogP contribution in [0.15, 0.2) is 59.0 Å². The smallest absolute Gasteiger partial charge is 0.276 e. The van der Waals surface area contributed by atoms with Crippen LogP contribution in [0.1, 0.15) is 10.5 Å². The molecule has 9 heteroatoms. The van der Waals surface area contributed by atoms with E-state index in [9.17, 15) is 9.00 Å². The van der Waals surface area contributed by atoms with Crippen LogP contribution in [0.25, 0.3) is 0 Å². The van der Waals surface area contributed by atoms with Gasteiger partial charge in [0.1, 0.15) is 16.5 Å². The van der Waals surface area contributed by atoms with Crippen molar-refractivity contribution in [3.05, 3.63) is 64.7 Å². The van der Waals surface area contributed by atoms with Gasteiger partial charge in [0.25, 0.3) is 5.91 Å². The summed E-state index contributed by atoms with van der Waals surface area (Å²) in [5.41, 5.74) is 0.941. The van der Waals surface area contributed by atoms with Gasteiger partial charge in [0, 0.05) is 35.2 Å². The van der Waals surface area contributed by atoms with Gasteiger partial charge in [-0.15, -0.1) is 0 Å². The van der Waals surface area contributed by atoms with Crippen molar-refractivity contribution in [2.24, 2.45) is 7.05 Å². The third-order valence-corrected chi connectivity index (χ3v) is 5.53. The first kappa shape index (κ1) is 18.6. The van der Waals surface area contributed by atoms with Gasteiger partial charge in [-0.05, 0) is 30.3 Å². The molecular formula is C17H14Cl2N4O2S. The number of halogens is 2. The van der Waals surface area contributed by atoms with Crippen molar-refractivity contribution in [2.75, 3.05) is 11.9 Å². The molecule has 0 spiro atoms. The zero-order valence-electron chi connectivity index (χ0n) is 13.9. The first-order valence-corrected chi connectivity index (χ1v) is 9.36. The third kappa shape index (κ3) is 3.65. The van der Waals surface area contributed by atoms with E-state index in [1.807, 2.05) is 0 Å². The second kappa shape index (κ2) is 7.57. The molecule has 1 atom stereocenters. The highest BCUT2D eigenvalue weighted by Crippen LogP contribution is 2.25. The predicted molar refractivity (Wildman–Crippen MR) is 101 cm³/mol. The standard InChI is InChI=1S/C17H14Cl2N4O2S/c1-22(13-4-3-5-20-9-13)16(24)15-10-21-17(23(15)2)26(25)14-7-11(18)6-12(19)8-14/h3-10H,1-2H3. The number of pyridine rings is 1. The van der Waals surface area contributed by atoms with Crippen LogP contribution in [-0.2, 0) is 17.8 Å². The lowest BCUT2D eigenvalue weighted by molar-refractivity contribution is 0.0984. The summed E-state index contributed by atoms with van der Waals surface area (Å²) in [6.45, 7) is 0. The SMILES string of the molecule is CN(C(=O)c1cnc(S(=O)c2cc(Cl)cc(Cl)c2)n1C)c1cccnc1. The van der Waals surface area contributed by atoms with Crippen LogP contribution < -0.4 is 4.90 Å². The van der Waals surface area contributed by atoms with Crippen LogP contribution in [-0.4, -0.2) is 31.7 Å². The molecule has 0 bridgehead atoms. The van der Waals surface area contributed by atoms with Gasteiger partial charge < -0.3 is 9.47 Å². The molecule has 0 radical (unpaired) electrons. The lowest BCUT2D eigenvalue weighted by Crippen LogP contribution is -2.28. The molecule has 0 aliphatic carbocycles. The fraction of sp³-hybridized carbons (Fsp3) is 0.118. The zero-order chi connectivity index (χ0) is 18.8. The van der Waals surface area contributed by atoms with Gasteiger partial charge >= 0.3 is 0 Å². The van der Waals surface area contributed by atoms with Crippen molar-refractivity contribution in [2.45, 2.75) is 10.1 Å². The van der Waals surface area contributed by atoms with Gasteiger partial charge in [-0.1, -0.05) is 23.2 Å². The van der Waals surface area contributed by atoms with Crippen molar-refractivity contribution < 1.29 is 9.00 Å². The summed E-state index contributed by atoms with van der Waals surface area (Å²) in [4.78, 5) is 22.8. The number of imidazole rings is 1. The Bertz CT molecular complexity index is 971. The number of rotatable bonds is 4. The summed E-state index contributed by atoms with van der Waals surface area (Å²) in [7, 11) is 1.64. The Morgan fingerprint density at radius 1 is 1.19 bits per heavy atom. The van der Waals surface area contributed by atoms with Gasteiger partial charge in [0.2, 0.25) is 5.16 Å². The van der Waals surface area contributed by atoms with Gasteiger partial charge in [-0.3, -0.25) is 9.78 Å². The van der Waals surface area contributed by atoms with E-state index in [0.29, 0.717) is 26.3 Å². The molecule has 2 aromatic heterocycles. The molecule has 2 heterocycles. The number of hydrogen-bond donors (Lipinski definition) is 0. The minimum atomic E-state index is -1.63. The molecule has 0 fully saturated rings. The summed E-state index contributed by atoms with van der Waals surface area (Å²) in [5, 5.41) is 0.983. The molecule has 0 aliphatic rings. The molecule has 0 N–H and O–H groups in total. The minimum Gasteiger partial charge on any atom is -0.316 e. The van der Waals surface area contributed by atoms with E-state index >= 15 is 0 Å². The molecular weight excluding hydrogens is 395 g/mol. The Balaban J connectivity index is 1.92. The fourth-order valence-corrected chi connectivity index (χ4v) is 4.18. The molecule has 1 unspecified atom stereocenters. The van der Waals surface area contributed by atoms with E-state index in [4.69, 9.17) is 23.2 Å². The first-order chi connectivity index (χ1) is 12.4. The summed E-state index contributed by atoms with van der Waals surface area (Å²) in [5.74, 6) is -0.291. The maximum atomic E-state index is 12.8. The van der Waals surface area contributed by atoms with Crippen LogP contribution in [0, 0.1) is 0 Å². The Morgan fingerprint density at radius 2 is 1.88 bits per heavy atom. The van der Waals surface area contributed by atoms with E-state index in [1.54, 1.807) is 56.8 Å². The Kier molecular flexibility index (Phi) is 5.41. The monoisotopic (exact) mass is 408 g/mol. The minimum absolute atomic E-state index is 0.228. The zero-order valence-corrected chi connectivity index (χ0v) is 16.2. The molecule has 26 heavy (non-hydrogen) atoms. The average Bonchev–Trinajstić information content (AvgIpc) is 3.01. The second-order valence-electron chi connectivity index (χ2n) is 5.43. The van der Waals surface area contributed by atoms with E-state index in [2.05, 4.69) is 9.97 Å². The van der Waals surface area contributed by atoms with Gasteiger partial charge in [0.15, 0.2) is 0 Å². The molecule has 134 valence electrons. The van der Waals surface area contributed by atoms with Crippen LogP contribution >= 0.6 is 23.2 Å². The number of anilines is 1. The number of benzene rings is 1. The number of amides is 1. The highest BCUT2D eigenvalue weighted by molar-refractivity contribution is 7.85. The quantitative estimate of drug-likeness (QED) is 0.661. The van der Waals surface area contributed by atoms with Crippen molar-refractivity contribution >= 4 is 45.6 Å². The van der Waals surface area contributed by atoms with Gasteiger partial charge in [0.05, 0.1) is 18.1 Å². The molecule has 6 nitrogen and oxygen atoms in total. The van der Waals surface area contributed by atoms with Gasteiger partial charge in [-0.2, -0.15) is 0 Å². The highest BCUT2D eigenvalue weighted by atomic mass is 35.5. The molecule has 3 rings (SSSR count). The number of aromatic nitrogens is 3. The molecule has 0 saturated heterocycles. The Hall–Kier alpha value is -2.22. The van der Waals surface area contributed by atoms with Crippen molar-refractivity contribution in [1.82, 2.24) is 14.5 Å². The van der Waals surface area contributed by atoms with Crippen LogP contribution in [0.2, 0.25) is 10.0 Å².